The van der Waals surface area contributed by atoms with Crippen molar-refractivity contribution in [1.29, 1.82) is 0 Å². The second-order valence-corrected chi connectivity index (χ2v) is 8.64. The molecule has 0 aromatic heterocycles. The Kier molecular flexibility index (Phi) is 8.19. The van der Waals surface area contributed by atoms with E-state index in [-0.39, 0.29) is 24.7 Å². The highest BCUT2D eigenvalue weighted by molar-refractivity contribution is 7.88. The van der Waals surface area contributed by atoms with Crippen molar-refractivity contribution in [2.24, 2.45) is 0 Å². The quantitative estimate of drug-likeness (QED) is 0.586. The number of halogens is 1. The van der Waals surface area contributed by atoms with E-state index in [1.165, 1.54) is 0 Å². The topological polar surface area (TPSA) is 102 Å². The number of hydrogen-bond acceptors (Lipinski definition) is 5. The monoisotopic (exact) mass is 438 g/mol. The number of ether oxygens (including phenoxy) is 1. The maximum absolute atomic E-state index is 12.5. The molecule has 0 heterocycles. The minimum absolute atomic E-state index is 0.0979. The van der Waals surface area contributed by atoms with Crippen molar-refractivity contribution in [1.82, 2.24) is 4.72 Å². The number of rotatable bonds is 9. The van der Waals surface area contributed by atoms with Gasteiger partial charge in [-0.05, 0) is 42.3 Å². The van der Waals surface area contributed by atoms with Gasteiger partial charge in [-0.2, -0.15) is 0 Å². The van der Waals surface area contributed by atoms with Crippen molar-refractivity contribution in [3.8, 4) is 0 Å². The molecule has 2 aromatic carbocycles. The highest BCUT2D eigenvalue weighted by atomic mass is 35.5. The number of benzene rings is 2. The van der Waals surface area contributed by atoms with Crippen LogP contribution in [0.2, 0.25) is 5.02 Å². The van der Waals surface area contributed by atoms with Gasteiger partial charge in [0.25, 0.3) is 0 Å². The molecule has 9 heteroatoms. The summed E-state index contributed by atoms with van der Waals surface area (Å²) in [6.45, 7) is 2.07. The first kappa shape index (κ1) is 22.9. The molecule has 0 aliphatic rings. The predicted octanol–water partition coefficient (Wildman–Crippen LogP) is 3.06. The van der Waals surface area contributed by atoms with E-state index in [1.807, 2.05) is 0 Å². The van der Waals surface area contributed by atoms with E-state index in [0.29, 0.717) is 22.9 Å². The van der Waals surface area contributed by atoms with Crippen molar-refractivity contribution in [2.45, 2.75) is 25.8 Å². The van der Waals surface area contributed by atoms with Gasteiger partial charge in [0, 0.05) is 17.1 Å². The molecule has 0 aliphatic heterocycles. The van der Waals surface area contributed by atoms with Crippen LogP contribution >= 0.6 is 11.6 Å². The number of anilines is 1. The normalized spacial score (nSPS) is 12.2. The molecule has 0 spiro atoms. The second kappa shape index (κ2) is 10.4. The zero-order chi connectivity index (χ0) is 21.4. The molecule has 0 fully saturated rings. The lowest BCUT2D eigenvalue weighted by Gasteiger charge is -2.18. The lowest BCUT2D eigenvalue weighted by atomic mass is 10.0. The van der Waals surface area contributed by atoms with Gasteiger partial charge in [0.1, 0.15) is 0 Å². The summed E-state index contributed by atoms with van der Waals surface area (Å²) in [6, 6.07) is 12.7. The number of carbonyl (C=O) groups is 2. The molecule has 2 aromatic rings. The maximum Gasteiger partial charge on any atom is 0.310 e. The first-order valence-corrected chi connectivity index (χ1v) is 11.2. The highest BCUT2D eigenvalue weighted by Crippen LogP contribution is 2.21. The Balaban J connectivity index is 2.03. The van der Waals surface area contributed by atoms with Gasteiger partial charge in [-0.1, -0.05) is 35.9 Å². The van der Waals surface area contributed by atoms with Crippen molar-refractivity contribution >= 4 is 39.2 Å². The molecule has 2 rings (SSSR count). The summed E-state index contributed by atoms with van der Waals surface area (Å²) in [5.74, 6) is -0.679. The highest BCUT2D eigenvalue weighted by Gasteiger charge is 2.20. The van der Waals surface area contributed by atoms with Gasteiger partial charge in [0.2, 0.25) is 15.9 Å². The van der Waals surface area contributed by atoms with Crippen LogP contribution in [0.15, 0.2) is 48.5 Å². The third kappa shape index (κ3) is 8.23. The number of nitrogens with one attached hydrogen (secondary N) is 2. The third-order valence-electron chi connectivity index (χ3n) is 3.91. The molecule has 2 N–H and O–H groups in total. The molecule has 1 amide bonds. The van der Waals surface area contributed by atoms with Crippen molar-refractivity contribution in [3.05, 3.63) is 64.7 Å². The van der Waals surface area contributed by atoms with Gasteiger partial charge in [-0.15, -0.1) is 0 Å². The molecule has 0 unspecified atom stereocenters. The molecular formula is C20H23ClN2O5S. The molecule has 1 atom stereocenters. The molecular weight excluding hydrogens is 416 g/mol. The summed E-state index contributed by atoms with van der Waals surface area (Å²) >= 11 is 5.88. The van der Waals surface area contributed by atoms with E-state index >= 15 is 0 Å². The molecule has 0 saturated heterocycles. The molecule has 0 radical (unpaired) electrons. The Morgan fingerprint density at radius 2 is 1.69 bits per heavy atom. The van der Waals surface area contributed by atoms with Gasteiger partial charge in [0.05, 0.1) is 25.3 Å². The Labute approximate surface area is 175 Å². The Morgan fingerprint density at radius 1 is 1.07 bits per heavy atom. The molecule has 156 valence electrons. The lowest BCUT2D eigenvalue weighted by molar-refractivity contribution is -0.142. The summed E-state index contributed by atoms with van der Waals surface area (Å²) in [5, 5.41) is 3.24. The molecule has 7 nitrogen and oxygen atoms in total. The van der Waals surface area contributed by atoms with Crippen LogP contribution in [-0.4, -0.2) is 33.2 Å². The van der Waals surface area contributed by atoms with E-state index in [9.17, 15) is 18.0 Å². The fraction of sp³-hybridized carbons (Fsp3) is 0.300. The summed E-state index contributed by atoms with van der Waals surface area (Å²) in [7, 11) is -3.53. The van der Waals surface area contributed by atoms with Gasteiger partial charge in [0.15, 0.2) is 0 Å². The first-order chi connectivity index (χ1) is 13.7. The van der Waals surface area contributed by atoms with Gasteiger partial charge >= 0.3 is 5.97 Å². The lowest BCUT2D eigenvalue weighted by Crippen LogP contribution is -2.30. The second-order valence-electron chi connectivity index (χ2n) is 6.43. The van der Waals surface area contributed by atoms with Crippen LogP contribution in [0.3, 0.4) is 0 Å². The van der Waals surface area contributed by atoms with Gasteiger partial charge in [-0.25, -0.2) is 13.1 Å². The SMILES string of the molecule is CCOC(=O)Cc1ccc(NC(=O)C[C@H](NS(C)(=O)=O)c2ccc(Cl)cc2)cc1. The van der Waals surface area contributed by atoms with E-state index in [0.717, 1.165) is 11.8 Å². The number of carbonyl (C=O) groups excluding carboxylic acids is 2. The summed E-state index contributed by atoms with van der Waals surface area (Å²) in [4.78, 5) is 24.0. The summed E-state index contributed by atoms with van der Waals surface area (Å²) in [6.07, 6.45) is 1.09. The zero-order valence-corrected chi connectivity index (χ0v) is 17.7. The fourth-order valence-electron chi connectivity index (χ4n) is 2.66. The Morgan fingerprint density at radius 3 is 2.24 bits per heavy atom. The smallest absolute Gasteiger partial charge is 0.310 e. The predicted molar refractivity (Wildman–Crippen MR) is 112 cm³/mol. The summed E-state index contributed by atoms with van der Waals surface area (Å²) < 4.78 is 30.7. The third-order valence-corrected chi connectivity index (χ3v) is 4.87. The Hall–Kier alpha value is -2.42. The number of amides is 1. The first-order valence-electron chi connectivity index (χ1n) is 8.93. The van der Waals surface area contributed by atoms with Gasteiger partial charge < -0.3 is 10.1 Å². The standard InChI is InChI=1S/C20H23ClN2O5S/c1-3-28-20(25)12-14-4-10-17(11-5-14)22-19(24)13-18(23-29(2,26)27)15-6-8-16(21)9-7-15/h4-11,18,23H,3,12-13H2,1-2H3,(H,22,24)/t18-/m0/s1. The molecule has 0 aliphatic carbocycles. The number of sulfonamides is 1. The van der Waals surface area contributed by atoms with Crippen LogP contribution in [0.25, 0.3) is 0 Å². The largest absolute Gasteiger partial charge is 0.466 e. The minimum atomic E-state index is -3.53. The van der Waals surface area contributed by atoms with Crippen LogP contribution in [0.4, 0.5) is 5.69 Å². The molecule has 29 heavy (non-hydrogen) atoms. The zero-order valence-electron chi connectivity index (χ0n) is 16.1. The molecule has 0 bridgehead atoms. The average Bonchev–Trinajstić information content (AvgIpc) is 2.62. The number of esters is 1. The van der Waals surface area contributed by atoms with Crippen molar-refractivity contribution < 1.29 is 22.7 Å². The van der Waals surface area contributed by atoms with Gasteiger partial charge in [-0.3, -0.25) is 9.59 Å². The van der Waals surface area contributed by atoms with E-state index < -0.39 is 16.1 Å². The molecule has 0 saturated carbocycles. The average molecular weight is 439 g/mol. The minimum Gasteiger partial charge on any atom is -0.466 e. The van der Waals surface area contributed by atoms with Crippen LogP contribution in [0.1, 0.15) is 30.5 Å². The van der Waals surface area contributed by atoms with Crippen LogP contribution in [-0.2, 0) is 30.8 Å². The van der Waals surface area contributed by atoms with E-state index in [1.54, 1.807) is 55.5 Å². The van der Waals surface area contributed by atoms with E-state index in [4.69, 9.17) is 16.3 Å². The van der Waals surface area contributed by atoms with E-state index in [2.05, 4.69) is 10.0 Å². The van der Waals surface area contributed by atoms with Crippen LogP contribution in [0.5, 0.6) is 0 Å². The summed E-state index contributed by atoms with van der Waals surface area (Å²) in [5.41, 5.74) is 1.93. The maximum atomic E-state index is 12.5. The van der Waals surface area contributed by atoms with Crippen molar-refractivity contribution in [2.75, 3.05) is 18.2 Å². The van der Waals surface area contributed by atoms with Crippen LogP contribution < -0.4 is 10.0 Å². The Bertz CT molecular complexity index is 944. The van der Waals surface area contributed by atoms with Crippen LogP contribution in [0, 0.1) is 0 Å². The fourth-order valence-corrected chi connectivity index (χ4v) is 3.53. The van der Waals surface area contributed by atoms with Crippen molar-refractivity contribution in [3.63, 3.8) is 0 Å². The number of hydrogen-bond donors (Lipinski definition) is 2.